The standard InChI is InChI=1S/C15H19N5O2/c1-9-10(2)22-14-12(9)13(17-8-18-14)16-7-15(3,21)11-5-19-20(4)6-11/h5-6,8,21H,7H2,1-4H3,(H,16,17,18). The van der Waals surface area contributed by atoms with E-state index >= 15 is 0 Å². The van der Waals surface area contributed by atoms with Gasteiger partial charge in [0.25, 0.3) is 0 Å². The summed E-state index contributed by atoms with van der Waals surface area (Å²) in [5.74, 6) is 1.47. The first-order valence-corrected chi connectivity index (χ1v) is 7.04. The topological polar surface area (TPSA) is 89.0 Å². The molecule has 0 saturated carbocycles. The highest BCUT2D eigenvalue weighted by molar-refractivity contribution is 5.89. The van der Waals surface area contributed by atoms with Crippen LogP contribution in [0.3, 0.4) is 0 Å². The molecule has 0 aliphatic carbocycles. The number of aromatic nitrogens is 4. The molecule has 2 N–H and O–H groups in total. The lowest BCUT2D eigenvalue weighted by atomic mass is 10.00. The van der Waals surface area contributed by atoms with Crippen molar-refractivity contribution in [1.29, 1.82) is 0 Å². The summed E-state index contributed by atoms with van der Waals surface area (Å²) >= 11 is 0. The Labute approximate surface area is 128 Å². The van der Waals surface area contributed by atoms with Gasteiger partial charge in [0, 0.05) is 30.9 Å². The average molecular weight is 301 g/mol. The molecule has 0 spiro atoms. The van der Waals surface area contributed by atoms with E-state index in [-0.39, 0.29) is 0 Å². The van der Waals surface area contributed by atoms with E-state index in [4.69, 9.17) is 4.42 Å². The van der Waals surface area contributed by atoms with Gasteiger partial charge < -0.3 is 14.8 Å². The van der Waals surface area contributed by atoms with Gasteiger partial charge in [0.15, 0.2) is 0 Å². The van der Waals surface area contributed by atoms with Crippen molar-refractivity contribution >= 4 is 16.9 Å². The minimum atomic E-state index is -1.06. The largest absolute Gasteiger partial charge is 0.443 e. The molecule has 0 aliphatic rings. The van der Waals surface area contributed by atoms with Crippen molar-refractivity contribution in [3.05, 3.63) is 35.6 Å². The van der Waals surface area contributed by atoms with E-state index in [1.165, 1.54) is 6.33 Å². The Morgan fingerprint density at radius 1 is 1.36 bits per heavy atom. The summed E-state index contributed by atoms with van der Waals surface area (Å²) in [6, 6.07) is 0. The first-order valence-electron chi connectivity index (χ1n) is 7.04. The fraction of sp³-hybridized carbons (Fsp3) is 0.400. The molecule has 3 aromatic heterocycles. The van der Waals surface area contributed by atoms with Crippen LogP contribution in [0.5, 0.6) is 0 Å². The Morgan fingerprint density at radius 2 is 2.14 bits per heavy atom. The van der Waals surface area contributed by atoms with Crippen molar-refractivity contribution in [2.75, 3.05) is 11.9 Å². The molecule has 0 saturated heterocycles. The Kier molecular flexibility index (Phi) is 3.37. The molecule has 0 radical (unpaired) electrons. The second kappa shape index (κ2) is 5.10. The molecule has 1 atom stereocenters. The van der Waals surface area contributed by atoms with Gasteiger partial charge in [-0.1, -0.05) is 0 Å². The van der Waals surface area contributed by atoms with Crippen molar-refractivity contribution < 1.29 is 9.52 Å². The molecular formula is C15H19N5O2. The van der Waals surface area contributed by atoms with Crippen molar-refractivity contribution in [3.8, 4) is 0 Å². The molecule has 3 aromatic rings. The van der Waals surface area contributed by atoms with Crippen LogP contribution >= 0.6 is 0 Å². The number of nitrogens with one attached hydrogen (secondary N) is 1. The lowest BCUT2D eigenvalue weighted by molar-refractivity contribution is 0.0714. The minimum Gasteiger partial charge on any atom is -0.443 e. The average Bonchev–Trinajstić information content (AvgIpc) is 3.03. The maximum absolute atomic E-state index is 10.6. The van der Waals surface area contributed by atoms with Crippen molar-refractivity contribution in [2.45, 2.75) is 26.4 Å². The first kappa shape index (κ1) is 14.5. The van der Waals surface area contributed by atoms with E-state index in [0.717, 1.165) is 22.3 Å². The van der Waals surface area contributed by atoms with E-state index in [1.807, 2.05) is 20.9 Å². The number of hydrogen-bond donors (Lipinski definition) is 2. The van der Waals surface area contributed by atoms with Gasteiger partial charge in [-0.05, 0) is 20.8 Å². The van der Waals surface area contributed by atoms with Gasteiger partial charge in [0.1, 0.15) is 23.5 Å². The zero-order chi connectivity index (χ0) is 15.9. The lowest BCUT2D eigenvalue weighted by Gasteiger charge is -2.22. The Balaban J connectivity index is 1.88. The summed E-state index contributed by atoms with van der Waals surface area (Å²) in [5.41, 5.74) is 1.23. The van der Waals surface area contributed by atoms with Crippen LogP contribution in [0.1, 0.15) is 23.8 Å². The first-order chi connectivity index (χ1) is 10.4. The second-order valence-corrected chi connectivity index (χ2v) is 5.72. The van der Waals surface area contributed by atoms with Gasteiger partial charge >= 0.3 is 0 Å². The molecule has 3 rings (SSSR count). The normalized spacial score (nSPS) is 14.2. The van der Waals surface area contributed by atoms with Gasteiger partial charge in [-0.2, -0.15) is 5.10 Å². The van der Waals surface area contributed by atoms with Crippen molar-refractivity contribution in [2.24, 2.45) is 7.05 Å². The smallest absolute Gasteiger partial charge is 0.231 e. The Hall–Kier alpha value is -2.41. The summed E-state index contributed by atoms with van der Waals surface area (Å²) < 4.78 is 7.26. The van der Waals surface area contributed by atoms with Crippen LogP contribution in [-0.4, -0.2) is 31.4 Å². The minimum absolute atomic E-state index is 0.300. The number of hydrogen-bond acceptors (Lipinski definition) is 6. The Bertz CT molecular complexity index is 819. The van der Waals surface area contributed by atoms with Crippen LogP contribution in [0.2, 0.25) is 0 Å². The predicted molar refractivity (Wildman–Crippen MR) is 82.5 cm³/mol. The number of nitrogens with zero attached hydrogens (tertiary/aromatic N) is 4. The summed E-state index contributed by atoms with van der Waals surface area (Å²) in [4.78, 5) is 8.40. The number of aliphatic hydroxyl groups is 1. The number of fused-ring (bicyclic) bond motifs is 1. The molecule has 22 heavy (non-hydrogen) atoms. The quantitative estimate of drug-likeness (QED) is 0.765. The molecule has 1 unspecified atom stereocenters. The summed E-state index contributed by atoms with van der Waals surface area (Å²) in [7, 11) is 1.82. The van der Waals surface area contributed by atoms with Gasteiger partial charge in [-0.25, -0.2) is 9.97 Å². The lowest BCUT2D eigenvalue weighted by Crippen LogP contribution is -2.30. The van der Waals surface area contributed by atoms with E-state index in [9.17, 15) is 5.11 Å². The monoisotopic (exact) mass is 301 g/mol. The maximum atomic E-state index is 10.6. The predicted octanol–water partition coefficient (Wildman–Crippen LogP) is 1.89. The van der Waals surface area contributed by atoms with Crippen LogP contribution < -0.4 is 5.32 Å². The molecule has 0 bridgehead atoms. The Morgan fingerprint density at radius 3 is 2.82 bits per heavy atom. The van der Waals surface area contributed by atoms with E-state index in [2.05, 4.69) is 20.4 Å². The zero-order valence-corrected chi connectivity index (χ0v) is 13.1. The molecule has 0 aromatic carbocycles. The second-order valence-electron chi connectivity index (χ2n) is 5.72. The molecular weight excluding hydrogens is 282 g/mol. The third-order valence-electron chi connectivity index (χ3n) is 3.89. The molecule has 7 nitrogen and oxygen atoms in total. The zero-order valence-electron chi connectivity index (χ0n) is 13.1. The summed E-state index contributed by atoms with van der Waals surface area (Å²) in [5, 5.41) is 18.8. The molecule has 0 amide bonds. The van der Waals surface area contributed by atoms with Crippen LogP contribution in [-0.2, 0) is 12.6 Å². The van der Waals surface area contributed by atoms with E-state index < -0.39 is 5.60 Å². The van der Waals surface area contributed by atoms with Gasteiger partial charge in [-0.3, -0.25) is 4.68 Å². The highest BCUT2D eigenvalue weighted by Gasteiger charge is 2.25. The summed E-state index contributed by atoms with van der Waals surface area (Å²) in [6.45, 7) is 5.90. The third-order valence-corrected chi connectivity index (χ3v) is 3.89. The fourth-order valence-corrected chi connectivity index (χ4v) is 2.37. The third kappa shape index (κ3) is 2.43. The van der Waals surface area contributed by atoms with E-state index in [0.29, 0.717) is 18.1 Å². The van der Waals surface area contributed by atoms with Crippen LogP contribution in [0.25, 0.3) is 11.1 Å². The number of anilines is 1. The van der Waals surface area contributed by atoms with Gasteiger partial charge in [0.05, 0.1) is 11.6 Å². The number of rotatable bonds is 4. The van der Waals surface area contributed by atoms with Crippen molar-refractivity contribution in [1.82, 2.24) is 19.7 Å². The van der Waals surface area contributed by atoms with E-state index in [1.54, 1.807) is 24.0 Å². The van der Waals surface area contributed by atoms with Gasteiger partial charge in [0.2, 0.25) is 5.71 Å². The summed E-state index contributed by atoms with van der Waals surface area (Å²) in [6.07, 6.45) is 4.90. The van der Waals surface area contributed by atoms with Crippen LogP contribution in [0.4, 0.5) is 5.82 Å². The SMILES string of the molecule is Cc1oc2ncnc(NCC(C)(O)c3cnn(C)c3)c2c1C. The van der Waals surface area contributed by atoms with Crippen LogP contribution in [0, 0.1) is 13.8 Å². The molecule has 0 aliphatic heterocycles. The number of furan rings is 1. The molecule has 0 fully saturated rings. The molecule has 3 heterocycles. The van der Waals surface area contributed by atoms with Crippen molar-refractivity contribution in [3.63, 3.8) is 0 Å². The van der Waals surface area contributed by atoms with Gasteiger partial charge in [-0.15, -0.1) is 0 Å². The maximum Gasteiger partial charge on any atom is 0.231 e. The fourth-order valence-electron chi connectivity index (χ4n) is 2.37. The highest BCUT2D eigenvalue weighted by Crippen LogP contribution is 2.29. The number of aryl methyl sites for hydroxylation is 3. The molecule has 116 valence electrons. The van der Waals surface area contributed by atoms with Crippen LogP contribution in [0.15, 0.2) is 23.1 Å². The molecule has 7 heteroatoms. The highest BCUT2D eigenvalue weighted by atomic mass is 16.3.